The molecule has 0 spiro atoms. The third kappa shape index (κ3) is 5.34. The topological polar surface area (TPSA) is 105 Å². The van der Waals surface area contributed by atoms with Crippen LogP contribution >= 0.6 is 0 Å². The van der Waals surface area contributed by atoms with E-state index in [0.29, 0.717) is 19.5 Å². The molecule has 0 bridgehead atoms. The average Bonchev–Trinajstić information content (AvgIpc) is 2.73. The summed E-state index contributed by atoms with van der Waals surface area (Å²) in [6.45, 7) is 8.08. The molecule has 1 unspecified atom stereocenters. The first-order chi connectivity index (χ1) is 9.53. The van der Waals surface area contributed by atoms with Gasteiger partial charge in [-0.15, -0.1) is 0 Å². The first-order valence-corrected chi connectivity index (χ1v) is 7.00. The molecule has 21 heavy (non-hydrogen) atoms. The van der Waals surface area contributed by atoms with E-state index in [-0.39, 0.29) is 12.3 Å². The molecule has 1 aliphatic heterocycles. The van der Waals surface area contributed by atoms with Gasteiger partial charge in [-0.3, -0.25) is 9.59 Å². The molecular formula is C14H24N2O5. The largest absolute Gasteiger partial charge is 0.480 e. The summed E-state index contributed by atoms with van der Waals surface area (Å²) >= 11 is 0. The van der Waals surface area contributed by atoms with Crippen LogP contribution in [-0.4, -0.2) is 47.7 Å². The van der Waals surface area contributed by atoms with Crippen LogP contribution in [0.2, 0.25) is 0 Å². The highest BCUT2D eigenvalue weighted by Gasteiger charge is 2.38. The minimum Gasteiger partial charge on any atom is -0.480 e. The van der Waals surface area contributed by atoms with Gasteiger partial charge in [-0.1, -0.05) is 0 Å². The Morgan fingerprint density at radius 3 is 2.43 bits per heavy atom. The summed E-state index contributed by atoms with van der Waals surface area (Å²) < 4.78 is 5.08. The van der Waals surface area contributed by atoms with Crippen LogP contribution in [0.25, 0.3) is 0 Å². The van der Waals surface area contributed by atoms with Gasteiger partial charge in [-0.2, -0.15) is 0 Å². The van der Waals surface area contributed by atoms with Gasteiger partial charge in [-0.05, 0) is 40.7 Å². The maximum Gasteiger partial charge on any atom is 0.326 e. The smallest absolute Gasteiger partial charge is 0.326 e. The minimum absolute atomic E-state index is 0.358. The number of carbonyl (C=O) groups is 3. The monoisotopic (exact) mass is 300 g/mol. The zero-order valence-electron chi connectivity index (χ0n) is 13.0. The highest BCUT2D eigenvalue weighted by atomic mass is 16.6. The van der Waals surface area contributed by atoms with E-state index in [4.69, 9.17) is 9.84 Å². The Morgan fingerprint density at radius 1 is 1.38 bits per heavy atom. The van der Waals surface area contributed by atoms with Crippen molar-refractivity contribution >= 4 is 17.8 Å². The van der Waals surface area contributed by atoms with E-state index in [9.17, 15) is 14.4 Å². The molecule has 1 saturated heterocycles. The fourth-order valence-electron chi connectivity index (χ4n) is 2.09. The Hall–Kier alpha value is -1.63. The molecule has 7 heteroatoms. The van der Waals surface area contributed by atoms with Gasteiger partial charge < -0.3 is 20.5 Å². The number of rotatable bonds is 5. The third-order valence-electron chi connectivity index (χ3n) is 3.31. The molecule has 0 aromatic carbocycles. The van der Waals surface area contributed by atoms with Crippen molar-refractivity contribution in [2.24, 2.45) is 5.41 Å². The van der Waals surface area contributed by atoms with Crippen molar-refractivity contribution in [3.63, 3.8) is 0 Å². The standard InChI is InChI=1S/C14H24N2O5/c1-13(2,3)21-10(17)7-9(11(18)19)16-12(20)14(4)5-6-15-8-14/h9,15H,5-8H2,1-4H3,(H,16,20)(H,18,19)/t9-,14?/m0/s1. The maximum atomic E-state index is 12.2. The van der Waals surface area contributed by atoms with Crippen molar-refractivity contribution < 1.29 is 24.2 Å². The molecule has 1 aliphatic rings. The van der Waals surface area contributed by atoms with E-state index >= 15 is 0 Å². The van der Waals surface area contributed by atoms with Crippen molar-refractivity contribution in [3.05, 3.63) is 0 Å². The number of carboxylic acids is 1. The van der Waals surface area contributed by atoms with Gasteiger partial charge in [0.1, 0.15) is 11.6 Å². The van der Waals surface area contributed by atoms with Crippen molar-refractivity contribution in [2.75, 3.05) is 13.1 Å². The van der Waals surface area contributed by atoms with Crippen molar-refractivity contribution in [3.8, 4) is 0 Å². The van der Waals surface area contributed by atoms with Crippen LogP contribution < -0.4 is 10.6 Å². The third-order valence-corrected chi connectivity index (χ3v) is 3.31. The van der Waals surface area contributed by atoms with Gasteiger partial charge in [0.25, 0.3) is 0 Å². The number of esters is 1. The number of amides is 1. The van der Waals surface area contributed by atoms with Gasteiger partial charge >= 0.3 is 11.9 Å². The summed E-state index contributed by atoms with van der Waals surface area (Å²) in [5.41, 5.74) is -1.33. The molecule has 120 valence electrons. The van der Waals surface area contributed by atoms with E-state index in [0.717, 1.165) is 0 Å². The summed E-state index contributed by atoms with van der Waals surface area (Å²) in [5, 5.41) is 14.7. The first kappa shape index (κ1) is 17.4. The number of hydrogen-bond acceptors (Lipinski definition) is 5. The molecule has 1 rings (SSSR count). The summed E-state index contributed by atoms with van der Waals surface area (Å²) in [6, 6.07) is -1.27. The van der Waals surface area contributed by atoms with Crippen LogP contribution in [0.15, 0.2) is 0 Å². The Balaban J connectivity index is 2.64. The Morgan fingerprint density at radius 2 is 2.00 bits per heavy atom. The lowest BCUT2D eigenvalue weighted by Gasteiger charge is -2.25. The zero-order chi connectivity index (χ0) is 16.3. The Labute approximate surface area is 124 Å². The summed E-state index contributed by atoms with van der Waals surface area (Å²) in [4.78, 5) is 35.1. The van der Waals surface area contributed by atoms with E-state index < -0.39 is 29.0 Å². The van der Waals surface area contributed by atoms with E-state index in [1.54, 1.807) is 27.7 Å². The fraction of sp³-hybridized carbons (Fsp3) is 0.786. The summed E-state index contributed by atoms with van der Waals surface area (Å²) in [7, 11) is 0. The predicted octanol–water partition coefficient (Wildman–Crippen LogP) is 0.287. The van der Waals surface area contributed by atoms with E-state index in [1.807, 2.05) is 0 Å². The van der Waals surface area contributed by atoms with Gasteiger partial charge in [0.2, 0.25) is 5.91 Å². The lowest BCUT2D eigenvalue weighted by molar-refractivity contribution is -0.158. The molecule has 0 aromatic rings. The quantitative estimate of drug-likeness (QED) is 0.630. The lowest BCUT2D eigenvalue weighted by atomic mass is 9.88. The van der Waals surface area contributed by atoms with Crippen LogP contribution in [-0.2, 0) is 19.1 Å². The van der Waals surface area contributed by atoms with Gasteiger partial charge in [0, 0.05) is 6.54 Å². The molecule has 1 heterocycles. The molecule has 1 fully saturated rings. The molecule has 2 atom stereocenters. The predicted molar refractivity (Wildman–Crippen MR) is 75.6 cm³/mol. The van der Waals surface area contributed by atoms with E-state index in [1.165, 1.54) is 0 Å². The minimum atomic E-state index is -1.27. The number of nitrogens with one attached hydrogen (secondary N) is 2. The zero-order valence-corrected chi connectivity index (χ0v) is 13.0. The summed E-state index contributed by atoms with van der Waals surface area (Å²) in [5.74, 6) is -2.25. The highest BCUT2D eigenvalue weighted by Crippen LogP contribution is 2.24. The number of ether oxygens (including phenoxy) is 1. The van der Waals surface area contributed by atoms with Crippen molar-refractivity contribution in [2.45, 2.75) is 52.2 Å². The van der Waals surface area contributed by atoms with Crippen LogP contribution in [0, 0.1) is 5.41 Å². The number of aliphatic carboxylic acids is 1. The van der Waals surface area contributed by atoms with Gasteiger partial charge in [0.15, 0.2) is 0 Å². The fourth-order valence-corrected chi connectivity index (χ4v) is 2.09. The second-order valence-corrected chi connectivity index (χ2v) is 6.64. The van der Waals surface area contributed by atoms with Crippen LogP contribution in [0.3, 0.4) is 0 Å². The van der Waals surface area contributed by atoms with Gasteiger partial charge in [0.05, 0.1) is 11.8 Å². The molecular weight excluding hydrogens is 276 g/mol. The molecule has 0 aromatic heterocycles. The van der Waals surface area contributed by atoms with Crippen molar-refractivity contribution in [1.29, 1.82) is 0 Å². The highest BCUT2D eigenvalue weighted by molar-refractivity contribution is 5.90. The SMILES string of the molecule is CC(C)(C)OC(=O)C[C@H](NC(=O)C1(C)CCNC1)C(=O)O. The Bertz CT molecular complexity index is 422. The number of hydrogen-bond donors (Lipinski definition) is 3. The lowest BCUT2D eigenvalue weighted by Crippen LogP contribution is -2.49. The molecule has 7 nitrogen and oxygen atoms in total. The van der Waals surface area contributed by atoms with Crippen LogP contribution in [0.5, 0.6) is 0 Å². The van der Waals surface area contributed by atoms with E-state index in [2.05, 4.69) is 10.6 Å². The number of carboxylic acid groups (broad SMARTS) is 1. The molecule has 0 saturated carbocycles. The van der Waals surface area contributed by atoms with Crippen molar-refractivity contribution in [1.82, 2.24) is 10.6 Å². The first-order valence-electron chi connectivity index (χ1n) is 7.00. The number of carbonyl (C=O) groups excluding carboxylic acids is 2. The molecule has 3 N–H and O–H groups in total. The second kappa shape index (κ2) is 6.43. The maximum absolute atomic E-state index is 12.2. The van der Waals surface area contributed by atoms with Crippen LogP contribution in [0.1, 0.15) is 40.5 Å². The Kier molecular flexibility index (Phi) is 5.33. The van der Waals surface area contributed by atoms with Crippen LogP contribution in [0.4, 0.5) is 0 Å². The normalized spacial score (nSPS) is 23.4. The average molecular weight is 300 g/mol. The second-order valence-electron chi connectivity index (χ2n) is 6.64. The summed E-state index contributed by atoms with van der Waals surface area (Å²) in [6.07, 6.45) is 0.249. The molecule has 0 aliphatic carbocycles. The molecule has 0 radical (unpaired) electrons. The molecule has 1 amide bonds. The van der Waals surface area contributed by atoms with Gasteiger partial charge in [-0.25, -0.2) is 4.79 Å².